The summed E-state index contributed by atoms with van der Waals surface area (Å²) in [6, 6.07) is 13.5. The van der Waals surface area contributed by atoms with Gasteiger partial charge in [0.25, 0.3) is 5.56 Å². The number of rotatable bonds is 4. The van der Waals surface area contributed by atoms with Crippen molar-refractivity contribution in [3.63, 3.8) is 0 Å². The molecule has 1 atom stereocenters. The lowest BCUT2D eigenvalue weighted by molar-refractivity contribution is -0.119. The minimum absolute atomic E-state index is 0.0107. The quantitative estimate of drug-likeness (QED) is 0.442. The van der Waals surface area contributed by atoms with Gasteiger partial charge in [0.1, 0.15) is 12.4 Å². The first-order valence-electron chi connectivity index (χ1n) is 11.5. The Kier molecular flexibility index (Phi) is 5.37. The number of nitrogens with zero attached hydrogens (tertiary/aromatic N) is 5. The van der Waals surface area contributed by atoms with Crippen molar-refractivity contribution in [2.75, 3.05) is 10.6 Å². The third-order valence-electron chi connectivity index (χ3n) is 6.57. The number of nitrogens with one attached hydrogen (secondary N) is 2. The van der Waals surface area contributed by atoms with Gasteiger partial charge in [0.2, 0.25) is 11.8 Å². The van der Waals surface area contributed by atoms with Crippen LogP contribution in [0.25, 0.3) is 16.8 Å². The van der Waals surface area contributed by atoms with E-state index < -0.39 is 6.04 Å². The number of carbonyl (C=O) groups is 2. The van der Waals surface area contributed by atoms with Crippen LogP contribution in [0.4, 0.5) is 11.4 Å². The van der Waals surface area contributed by atoms with Gasteiger partial charge in [-0.25, -0.2) is 0 Å². The summed E-state index contributed by atoms with van der Waals surface area (Å²) in [7, 11) is 0. The van der Waals surface area contributed by atoms with Crippen LogP contribution in [0.3, 0.4) is 0 Å². The highest BCUT2D eigenvalue weighted by atomic mass is 35.5. The number of hydrogen-bond acceptors (Lipinski definition) is 6. The minimum Gasteiger partial charge on any atom is -0.326 e. The van der Waals surface area contributed by atoms with E-state index in [0.29, 0.717) is 53.2 Å². The molecule has 2 aliphatic heterocycles. The van der Waals surface area contributed by atoms with Crippen molar-refractivity contribution < 1.29 is 9.59 Å². The zero-order valence-corrected chi connectivity index (χ0v) is 19.7. The molecule has 180 valence electrons. The van der Waals surface area contributed by atoms with Crippen LogP contribution in [0.5, 0.6) is 0 Å². The average molecular weight is 502 g/mol. The molecule has 2 N–H and O–H groups in total. The van der Waals surface area contributed by atoms with Gasteiger partial charge in [-0.15, -0.1) is 5.10 Å². The Morgan fingerprint density at radius 3 is 2.78 bits per heavy atom. The molecule has 6 rings (SSSR count). The van der Waals surface area contributed by atoms with Crippen LogP contribution < -0.4 is 16.2 Å². The van der Waals surface area contributed by atoms with Crippen molar-refractivity contribution in [1.29, 1.82) is 0 Å². The van der Waals surface area contributed by atoms with Crippen molar-refractivity contribution in [2.24, 2.45) is 0 Å². The Morgan fingerprint density at radius 2 is 1.94 bits per heavy atom. The predicted octanol–water partition coefficient (Wildman–Crippen LogP) is 3.16. The molecule has 11 heteroatoms. The number of carbonyl (C=O) groups excluding carboxylic acids is 2. The summed E-state index contributed by atoms with van der Waals surface area (Å²) < 4.78 is 3.06. The molecule has 0 saturated heterocycles. The highest BCUT2D eigenvalue weighted by molar-refractivity contribution is 6.31. The first-order valence-corrected chi connectivity index (χ1v) is 11.9. The van der Waals surface area contributed by atoms with E-state index in [4.69, 9.17) is 11.6 Å². The summed E-state index contributed by atoms with van der Waals surface area (Å²) in [6.07, 6.45) is 3.61. The maximum absolute atomic E-state index is 13.2. The van der Waals surface area contributed by atoms with E-state index in [9.17, 15) is 14.4 Å². The van der Waals surface area contributed by atoms with Gasteiger partial charge in [-0.3, -0.25) is 14.4 Å². The van der Waals surface area contributed by atoms with Crippen LogP contribution in [-0.4, -0.2) is 36.6 Å². The summed E-state index contributed by atoms with van der Waals surface area (Å²) in [4.78, 5) is 38.0. The SMILES string of the molecule is O=C1CCc2cc(NC(=O)[C@@H]3CCc4cc(-c5cc(Cl)ccc5-n5cnnn5)cc(=O)n43)ccc2N1. The number of hydrogen-bond donors (Lipinski definition) is 2. The molecule has 2 amide bonds. The number of anilines is 2. The summed E-state index contributed by atoms with van der Waals surface area (Å²) in [5.41, 5.74) is 4.95. The van der Waals surface area contributed by atoms with Crippen molar-refractivity contribution in [1.82, 2.24) is 24.8 Å². The zero-order valence-electron chi connectivity index (χ0n) is 18.9. The van der Waals surface area contributed by atoms with Crippen molar-refractivity contribution in [3.05, 3.63) is 81.5 Å². The first-order chi connectivity index (χ1) is 17.5. The molecule has 0 aliphatic carbocycles. The Bertz CT molecular complexity index is 1580. The van der Waals surface area contributed by atoms with Gasteiger partial charge in [-0.05, 0) is 83.3 Å². The maximum Gasteiger partial charge on any atom is 0.252 e. The zero-order chi connectivity index (χ0) is 24.8. The van der Waals surface area contributed by atoms with Crippen LogP contribution in [-0.2, 0) is 22.4 Å². The molecule has 0 saturated carbocycles. The lowest BCUT2D eigenvalue weighted by atomic mass is 10.0. The Labute approximate surface area is 209 Å². The molecule has 0 bridgehead atoms. The monoisotopic (exact) mass is 501 g/mol. The van der Waals surface area contributed by atoms with Crippen LogP contribution in [0.2, 0.25) is 5.02 Å². The van der Waals surface area contributed by atoms with Gasteiger partial charge >= 0.3 is 0 Å². The van der Waals surface area contributed by atoms with Gasteiger partial charge in [-0.1, -0.05) is 11.6 Å². The Morgan fingerprint density at radius 1 is 1.06 bits per heavy atom. The van der Waals surface area contributed by atoms with Crippen LogP contribution >= 0.6 is 11.6 Å². The van der Waals surface area contributed by atoms with Gasteiger partial charge in [0, 0.05) is 40.1 Å². The van der Waals surface area contributed by atoms with Gasteiger partial charge in [0.15, 0.2) is 0 Å². The van der Waals surface area contributed by atoms with Crippen molar-refractivity contribution >= 4 is 34.8 Å². The van der Waals surface area contributed by atoms with Crippen molar-refractivity contribution in [3.8, 4) is 16.8 Å². The van der Waals surface area contributed by atoms with E-state index in [0.717, 1.165) is 16.9 Å². The van der Waals surface area contributed by atoms with E-state index in [1.165, 1.54) is 17.1 Å². The predicted molar refractivity (Wildman–Crippen MR) is 133 cm³/mol. The third kappa shape index (κ3) is 3.95. The average Bonchev–Trinajstić information content (AvgIpc) is 3.55. The van der Waals surface area contributed by atoms with E-state index >= 15 is 0 Å². The normalized spacial score (nSPS) is 16.2. The second-order valence-electron chi connectivity index (χ2n) is 8.82. The van der Waals surface area contributed by atoms with Gasteiger partial charge < -0.3 is 15.2 Å². The van der Waals surface area contributed by atoms with Crippen molar-refractivity contribution in [2.45, 2.75) is 31.7 Å². The smallest absolute Gasteiger partial charge is 0.252 e. The van der Waals surface area contributed by atoms with E-state index in [1.807, 2.05) is 12.1 Å². The van der Waals surface area contributed by atoms with Crippen LogP contribution in [0, 0.1) is 0 Å². The summed E-state index contributed by atoms with van der Waals surface area (Å²) in [5.74, 6) is -0.260. The fourth-order valence-corrected chi connectivity index (χ4v) is 5.07. The second kappa shape index (κ2) is 8.72. The van der Waals surface area contributed by atoms with Gasteiger partial charge in [-0.2, -0.15) is 4.68 Å². The minimum atomic E-state index is -0.615. The van der Waals surface area contributed by atoms with E-state index in [-0.39, 0.29) is 17.4 Å². The highest BCUT2D eigenvalue weighted by Crippen LogP contribution is 2.33. The maximum atomic E-state index is 13.2. The molecule has 0 unspecified atom stereocenters. The molecule has 36 heavy (non-hydrogen) atoms. The second-order valence-corrected chi connectivity index (χ2v) is 9.26. The standard InChI is InChI=1S/C25H20ClN7O3/c26-16-2-6-21(32-13-27-30-31-32)19(12-16)15-10-18-4-7-22(33(18)24(35)11-15)25(36)28-17-3-5-20-14(9-17)1-8-23(34)29-20/h2-3,5-6,9-13,22H,1,4,7-8H2,(H,28,36)(H,29,34)/t22-/m0/s1. The molecule has 2 aliphatic rings. The van der Waals surface area contributed by atoms with Crippen LogP contribution in [0.15, 0.2) is 59.7 Å². The lowest BCUT2D eigenvalue weighted by Crippen LogP contribution is -2.31. The Hall–Kier alpha value is -4.31. The van der Waals surface area contributed by atoms with Crippen LogP contribution in [0.1, 0.15) is 30.1 Å². The molecular weight excluding hydrogens is 482 g/mol. The number of benzene rings is 2. The summed E-state index contributed by atoms with van der Waals surface area (Å²) in [6.45, 7) is 0. The molecular formula is C25H20ClN7O3. The highest BCUT2D eigenvalue weighted by Gasteiger charge is 2.30. The number of tetrazole rings is 1. The fourth-order valence-electron chi connectivity index (χ4n) is 4.90. The number of fused-ring (bicyclic) bond motifs is 2. The first kappa shape index (κ1) is 22.2. The number of aromatic nitrogens is 5. The van der Waals surface area contributed by atoms with E-state index in [2.05, 4.69) is 26.2 Å². The number of amides is 2. The molecule has 2 aromatic heterocycles. The molecule has 10 nitrogen and oxygen atoms in total. The number of halogens is 1. The summed E-state index contributed by atoms with van der Waals surface area (Å²) >= 11 is 6.26. The number of pyridine rings is 1. The van der Waals surface area contributed by atoms with E-state index in [1.54, 1.807) is 34.9 Å². The van der Waals surface area contributed by atoms with Gasteiger partial charge in [0.05, 0.1) is 5.69 Å². The fraction of sp³-hybridized carbons (Fsp3) is 0.200. The molecule has 2 aromatic carbocycles. The molecule has 0 spiro atoms. The Balaban J connectivity index is 1.30. The lowest BCUT2D eigenvalue weighted by Gasteiger charge is -2.19. The largest absolute Gasteiger partial charge is 0.326 e. The molecule has 0 radical (unpaired) electrons. The molecule has 4 heterocycles. The molecule has 4 aromatic rings. The third-order valence-corrected chi connectivity index (χ3v) is 6.80. The molecule has 0 fully saturated rings. The topological polar surface area (TPSA) is 124 Å². The summed E-state index contributed by atoms with van der Waals surface area (Å²) in [5, 5.41) is 17.6. The number of aryl methyl sites for hydroxylation is 2.